The zero-order valence-corrected chi connectivity index (χ0v) is 15.2. The second-order valence-electron chi connectivity index (χ2n) is 6.65. The summed E-state index contributed by atoms with van der Waals surface area (Å²) in [7, 11) is 1.63. The van der Waals surface area contributed by atoms with Gasteiger partial charge in [-0.2, -0.15) is 0 Å². The number of ether oxygens (including phenoxy) is 1. The number of amides is 1. The molecular weight excluding hydrogens is 328 g/mol. The van der Waals surface area contributed by atoms with E-state index in [9.17, 15) is 4.79 Å². The van der Waals surface area contributed by atoms with Gasteiger partial charge in [-0.05, 0) is 30.5 Å². The predicted octanol–water partition coefficient (Wildman–Crippen LogP) is 3.55. The van der Waals surface area contributed by atoms with Gasteiger partial charge in [0.1, 0.15) is 17.3 Å². The molecule has 1 amide bonds. The van der Waals surface area contributed by atoms with Gasteiger partial charge in [0.05, 0.1) is 19.5 Å². The Morgan fingerprint density at radius 2 is 1.81 bits per heavy atom. The van der Waals surface area contributed by atoms with Gasteiger partial charge in [0.15, 0.2) is 0 Å². The van der Waals surface area contributed by atoms with Gasteiger partial charge >= 0.3 is 0 Å². The molecule has 1 aromatic heterocycles. The third-order valence-electron chi connectivity index (χ3n) is 4.70. The molecule has 2 N–H and O–H groups in total. The van der Waals surface area contributed by atoms with Crippen LogP contribution in [-0.2, 0) is 6.54 Å². The van der Waals surface area contributed by atoms with Crippen LogP contribution in [0.5, 0.6) is 5.75 Å². The number of nitrogens with zero attached hydrogens (tertiary/aromatic N) is 2. The number of carbonyl (C=O) groups is 1. The molecular formula is C20H26N4O2. The Bertz CT molecular complexity index is 693. The van der Waals surface area contributed by atoms with Gasteiger partial charge in [-0.25, -0.2) is 9.97 Å². The third-order valence-corrected chi connectivity index (χ3v) is 4.70. The van der Waals surface area contributed by atoms with E-state index >= 15 is 0 Å². The average molecular weight is 354 g/mol. The highest BCUT2D eigenvalue weighted by Gasteiger charge is 2.13. The molecule has 26 heavy (non-hydrogen) atoms. The number of benzene rings is 1. The largest absolute Gasteiger partial charge is 0.497 e. The molecule has 1 heterocycles. The number of anilines is 1. The van der Waals surface area contributed by atoms with Crippen molar-refractivity contribution < 1.29 is 9.53 Å². The van der Waals surface area contributed by atoms with E-state index in [1.807, 2.05) is 24.3 Å². The van der Waals surface area contributed by atoms with E-state index in [0.29, 0.717) is 18.3 Å². The van der Waals surface area contributed by atoms with E-state index in [0.717, 1.165) is 17.1 Å². The van der Waals surface area contributed by atoms with E-state index in [2.05, 4.69) is 20.6 Å². The van der Waals surface area contributed by atoms with Crippen LogP contribution in [0.1, 0.15) is 54.6 Å². The first-order valence-corrected chi connectivity index (χ1v) is 9.24. The minimum absolute atomic E-state index is 0.227. The highest BCUT2D eigenvalue weighted by atomic mass is 16.5. The first-order valence-electron chi connectivity index (χ1n) is 9.24. The van der Waals surface area contributed by atoms with Crippen molar-refractivity contribution in [1.82, 2.24) is 15.3 Å². The maximum Gasteiger partial charge on any atom is 0.271 e. The average Bonchev–Trinajstić information content (AvgIpc) is 2.96. The van der Waals surface area contributed by atoms with Crippen LogP contribution in [0.2, 0.25) is 0 Å². The number of hydrogen-bond donors (Lipinski definition) is 2. The van der Waals surface area contributed by atoms with Gasteiger partial charge in [0, 0.05) is 12.6 Å². The first kappa shape index (κ1) is 18.2. The molecule has 0 radical (unpaired) electrons. The first-order chi connectivity index (χ1) is 12.7. The van der Waals surface area contributed by atoms with E-state index in [-0.39, 0.29) is 5.91 Å². The summed E-state index contributed by atoms with van der Waals surface area (Å²) in [5.74, 6) is 1.31. The molecule has 1 aliphatic rings. The highest BCUT2D eigenvalue weighted by Crippen LogP contribution is 2.20. The Hall–Kier alpha value is -2.63. The van der Waals surface area contributed by atoms with Crippen molar-refractivity contribution >= 4 is 11.7 Å². The van der Waals surface area contributed by atoms with Crippen LogP contribution in [0.3, 0.4) is 0 Å². The van der Waals surface area contributed by atoms with Crippen molar-refractivity contribution in [2.75, 3.05) is 12.4 Å². The van der Waals surface area contributed by atoms with Crippen molar-refractivity contribution in [3.05, 3.63) is 47.9 Å². The van der Waals surface area contributed by atoms with E-state index < -0.39 is 0 Å². The van der Waals surface area contributed by atoms with Crippen LogP contribution in [0, 0.1) is 0 Å². The molecule has 0 bridgehead atoms. The molecule has 1 fully saturated rings. The highest BCUT2D eigenvalue weighted by molar-refractivity contribution is 5.91. The van der Waals surface area contributed by atoms with Crippen molar-refractivity contribution in [1.29, 1.82) is 0 Å². The zero-order valence-electron chi connectivity index (χ0n) is 15.2. The topological polar surface area (TPSA) is 76.1 Å². The quantitative estimate of drug-likeness (QED) is 0.776. The van der Waals surface area contributed by atoms with Crippen LogP contribution < -0.4 is 15.4 Å². The lowest BCUT2D eigenvalue weighted by Gasteiger charge is -2.16. The normalized spacial score (nSPS) is 15.1. The molecule has 0 spiro atoms. The number of rotatable bonds is 6. The van der Waals surface area contributed by atoms with E-state index in [1.54, 1.807) is 13.3 Å². The summed E-state index contributed by atoms with van der Waals surface area (Å²) in [5.41, 5.74) is 1.32. The summed E-state index contributed by atoms with van der Waals surface area (Å²) < 4.78 is 5.13. The van der Waals surface area contributed by atoms with E-state index in [1.165, 1.54) is 44.7 Å². The lowest BCUT2D eigenvalue weighted by Crippen LogP contribution is -2.24. The summed E-state index contributed by atoms with van der Waals surface area (Å²) in [6, 6.07) is 8.04. The summed E-state index contributed by atoms with van der Waals surface area (Å²) in [5, 5.41) is 6.30. The molecule has 1 aromatic carbocycles. The Kier molecular flexibility index (Phi) is 6.41. The van der Waals surface area contributed by atoms with Gasteiger partial charge in [-0.15, -0.1) is 0 Å². The van der Waals surface area contributed by atoms with Crippen molar-refractivity contribution in [3.8, 4) is 5.75 Å². The van der Waals surface area contributed by atoms with Gasteiger partial charge in [0.25, 0.3) is 5.91 Å². The SMILES string of the molecule is COc1ccc(CNC(=O)c2cnc(NC3CCCCCC3)cn2)cc1. The van der Waals surface area contributed by atoms with Gasteiger partial charge in [0.2, 0.25) is 0 Å². The number of nitrogens with one attached hydrogen (secondary N) is 2. The molecule has 2 aromatic rings. The van der Waals surface area contributed by atoms with Crippen molar-refractivity contribution in [3.63, 3.8) is 0 Å². The lowest BCUT2D eigenvalue weighted by atomic mass is 10.1. The van der Waals surface area contributed by atoms with Crippen LogP contribution >= 0.6 is 0 Å². The Labute approximate surface area is 154 Å². The standard InChI is InChI=1S/C20H26N4O2/c1-26-17-10-8-15(9-11-17)12-23-20(25)18-13-22-19(14-21-18)24-16-6-4-2-3-5-7-16/h8-11,13-14,16H,2-7,12H2,1H3,(H,22,24)(H,23,25). The second-order valence-corrected chi connectivity index (χ2v) is 6.65. The van der Waals surface area contributed by atoms with Crippen LogP contribution in [0.15, 0.2) is 36.7 Å². The molecule has 6 nitrogen and oxygen atoms in total. The Morgan fingerprint density at radius 3 is 2.42 bits per heavy atom. The molecule has 6 heteroatoms. The Morgan fingerprint density at radius 1 is 1.08 bits per heavy atom. The molecule has 1 saturated carbocycles. The molecule has 1 aliphatic carbocycles. The van der Waals surface area contributed by atoms with Crippen molar-refractivity contribution in [2.24, 2.45) is 0 Å². The fourth-order valence-electron chi connectivity index (χ4n) is 3.17. The number of hydrogen-bond acceptors (Lipinski definition) is 5. The smallest absolute Gasteiger partial charge is 0.271 e. The monoisotopic (exact) mass is 354 g/mol. The van der Waals surface area contributed by atoms with Gasteiger partial charge in [-0.1, -0.05) is 37.8 Å². The maximum absolute atomic E-state index is 12.2. The maximum atomic E-state index is 12.2. The van der Waals surface area contributed by atoms with Gasteiger partial charge < -0.3 is 15.4 Å². The summed E-state index contributed by atoms with van der Waals surface area (Å²) >= 11 is 0. The van der Waals surface area contributed by atoms with Crippen LogP contribution in [0.4, 0.5) is 5.82 Å². The summed E-state index contributed by atoms with van der Waals surface area (Å²) in [6.45, 7) is 0.437. The number of carbonyl (C=O) groups excluding carboxylic acids is 1. The summed E-state index contributed by atoms with van der Waals surface area (Å²) in [6.07, 6.45) is 10.7. The minimum Gasteiger partial charge on any atom is -0.497 e. The molecule has 0 saturated heterocycles. The zero-order chi connectivity index (χ0) is 18.2. The number of aromatic nitrogens is 2. The van der Waals surface area contributed by atoms with E-state index in [4.69, 9.17) is 4.74 Å². The molecule has 0 aliphatic heterocycles. The second kappa shape index (κ2) is 9.17. The molecule has 138 valence electrons. The third kappa shape index (κ3) is 5.18. The van der Waals surface area contributed by atoms with Gasteiger partial charge in [-0.3, -0.25) is 4.79 Å². The fraction of sp³-hybridized carbons (Fsp3) is 0.450. The Balaban J connectivity index is 1.51. The number of methoxy groups -OCH3 is 1. The fourth-order valence-corrected chi connectivity index (χ4v) is 3.17. The predicted molar refractivity (Wildman–Crippen MR) is 101 cm³/mol. The minimum atomic E-state index is -0.227. The van der Waals surface area contributed by atoms with Crippen molar-refractivity contribution in [2.45, 2.75) is 51.1 Å². The summed E-state index contributed by atoms with van der Waals surface area (Å²) in [4.78, 5) is 20.8. The molecule has 0 atom stereocenters. The molecule has 3 rings (SSSR count). The van der Waals surface area contributed by atoms with Crippen LogP contribution in [-0.4, -0.2) is 29.0 Å². The molecule has 0 unspecified atom stereocenters. The van der Waals surface area contributed by atoms with Crippen LogP contribution in [0.25, 0.3) is 0 Å². The lowest BCUT2D eigenvalue weighted by molar-refractivity contribution is 0.0945.